The molecule has 0 aliphatic heterocycles. The molecule has 0 amide bonds. The molecule has 0 saturated heterocycles. The smallest absolute Gasteiger partial charge is 0.128 e. The number of rotatable bonds is 8. The molecule has 4 rings (SSSR count). The summed E-state index contributed by atoms with van der Waals surface area (Å²) in [5.74, 6) is 1.56. The first-order valence-electron chi connectivity index (χ1n) is 9.84. The summed E-state index contributed by atoms with van der Waals surface area (Å²) in [6.07, 6.45) is 14.0. The van der Waals surface area contributed by atoms with E-state index in [0.717, 1.165) is 47.5 Å². The van der Waals surface area contributed by atoms with Gasteiger partial charge in [-0.3, -0.25) is 4.68 Å². The number of hydrogen-bond acceptors (Lipinski definition) is 6. The summed E-state index contributed by atoms with van der Waals surface area (Å²) in [7, 11) is 1.94. The maximum Gasteiger partial charge on any atom is 0.128 e. The van der Waals surface area contributed by atoms with Gasteiger partial charge in [0, 0.05) is 42.5 Å². The standard InChI is InChI=1S/C22H25N5S2/c1-15(4-8-21-23-12-18(28-3)13-24-21)5-9-22-26-19-7-6-16(10-20(19)29-22)17-11-25-27(2)14-17/h6-7,10-15H,4-5,8-9H2,1-3H3. The molecule has 0 N–H and O–H groups in total. The predicted molar refractivity (Wildman–Crippen MR) is 121 cm³/mol. The van der Waals surface area contributed by atoms with Crippen molar-refractivity contribution in [1.82, 2.24) is 24.7 Å². The number of aromatic nitrogens is 5. The molecule has 3 aromatic heterocycles. The van der Waals surface area contributed by atoms with E-state index in [1.807, 2.05) is 54.1 Å². The Hall–Kier alpha value is -2.25. The Morgan fingerprint density at radius 1 is 1.07 bits per heavy atom. The molecule has 0 radical (unpaired) electrons. The quantitative estimate of drug-likeness (QED) is 0.355. The summed E-state index contributed by atoms with van der Waals surface area (Å²) >= 11 is 3.48. The number of hydrogen-bond donors (Lipinski definition) is 0. The van der Waals surface area contributed by atoms with Gasteiger partial charge in [0.1, 0.15) is 5.82 Å². The van der Waals surface area contributed by atoms with Crippen LogP contribution in [-0.2, 0) is 19.9 Å². The maximum atomic E-state index is 4.83. The summed E-state index contributed by atoms with van der Waals surface area (Å²) in [6, 6.07) is 6.48. The van der Waals surface area contributed by atoms with Crippen molar-refractivity contribution in [2.24, 2.45) is 13.0 Å². The second kappa shape index (κ2) is 9.05. The first-order valence-corrected chi connectivity index (χ1v) is 11.9. The topological polar surface area (TPSA) is 56.5 Å². The highest BCUT2D eigenvalue weighted by atomic mass is 32.2. The van der Waals surface area contributed by atoms with Gasteiger partial charge in [0.05, 0.1) is 21.4 Å². The molecule has 7 heteroatoms. The van der Waals surface area contributed by atoms with Crippen molar-refractivity contribution >= 4 is 33.3 Å². The molecule has 0 aliphatic carbocycles. The van der Waals surface area contributed by atoms with Gasteiger partial charge in [-0.2, -0.15) is 5.10 Å². The second-order valence-electron chi connectivity index (χ2n) is 7.41. The lowest BCUT2D eigenvalue weighted by molar-refractivity contribution is 0.486. The van der Waals surface area contributed by atoms with Crippen LogP contribution < -0.4 is 0 Å². The molecule has 5 nitrogen and oxygen atoms in total. The Kier molecular flexibility index (Phi) is 6.25. The van der Waals surface area contributed by atoms with E-state index in [2.05, 4.69) is 40.2 Å². The SMILES string of the molecule is CSc1cnc(CCC(C)CCc2nc3ccc(-c4cnn(C)c4)cc3s2)nc1. The highest BCUT2D eigenvalue weighted by Crippen LogP contribution is 2.29. The summed E-state index contributed by atoms with van der Waals surface area (Å²) < 4.78 is 3.08. The first kappa shape index (κ1) is 20.0. The average Bonchev–Trinajstić information content (AvgIpc) is 3.36. The van der Waals surface area contributed by atoms with Gasteiger partial charge in [-0.15, -0.1) is 23.1 Å². The van der Waals surface area contributed by atoms with Gasteiger partial charge in [-0.05, 0) is 49.1 Å². The Bertz CT molecular complexity index is 1080. The molecular formula is C22H25N5S2. The third kappa shape index (κ3) is 5.03. The van der Waals surface area contributed by atoms with Gasteiger partial charge in [-0.25, -0.2) is 15.0 Å². The van der Waals surface area contributed by atoms with Crippen LogP contribution in [0.1, 0.15) is 30.6 Å². The first-order chi connectivity index (χ1) is 14.1. The van der Waals surface area contributed by atoms with Crippen molar-refractivity contribution in [3.8, 4) is 11.1 Å². The van der Waals surface area contributed by atoms with Crippen molar-refractivity contribution in [2.45, 2.75) is 37.5 Å². The lowest BCUT2D eigenvalue weighted by atomic mass is 10.00. The zero-order valence-electron chi connectivity index (χ0n) is 17.0. The molecule has 0 saturated carbocycles. The van der Waals surface area contributed by atoms with E-state index in [4.69, 9.17) is 4.98 Å². The number of thioether (sulfide) groups is 1. The highest BCUT2D eigenvalue weighted by Gasteiger charge is 2.10. The molecule has 0 bridgehead atoms. The van der Waals surface area contributed by atoms with Crippen molar-refractivity contribution in [3.05, 3.63) is 53.8 Å². The van der Waals surface area contributed by atoms with E-state index in [9.17, 15) is 0 Å². The minimum atomic E-state index is 0.622. The zero-order valence-corrected chi connectivity index (χ0v) is 18.6. The van der Waals surface area contributed by atoms with E-state index in [1.54, 1.807) is 11.8 Å². The van der Waals surface area contributed by atoms with Crippen molar-refractivity contribution < 1.29 is 0 Å². The van der Waals surface area contributed by atoms with Crippen LogP contribution in [0.4, 0.5) is 0 Å². The number of thiazole rings is 1. The molecule has 29 heavy (non-hydrogen) atoms. The van der Waals surface area contributed by atoms with Gasteiger partial charge in [0.15, 0.2) is 0 Å². The van der Waals surface area contributed by atoms with Crippen LogP contribution in [0.15, 0.2) is 47.9 Å². The fourth-order valence-corrected chi connectivity index (χ4v) is 4.63. The molecule has 3 heterocycles. The Balaban J connectivity index is 1.33. The number of aryl methyl sites for hydroxylation is 3. The van der Waals surface area contributed by atoms with E-state index >= 15 is 0 Å². The third-order valence-electron chi connectivity index (χ3n) is 5.10. The minimum absolute atomic E-state index is 0.622. The Morgan fingerprint density at radius 3 is 2.59 bits per heavy atom. The normalized spacial score (nSPS) is 12.5. The van der Waals surface area contributed by atoms with Crippen LogP contribution in [0.2, 0.25) is 0 Å². The molecular weight excluding hydrogens is 398 g/mol. The largest absolute Gasteiger partial charge is 0.275 e. The third-order valence-corrected chi connectivity index (χ3v) is 6.86. The van der Waals surface area contributed by atoms with E-state index in [-0.39, 0.29) is 0 Å². The summed E-state index contributed by atoms with van der Waals surface area (Å²) in [6.45, 7) is 2.31. The maximum absolute atomic E-state index is 4.83. The Morgan fingerprint density at radius 2 is 1.86 bits per heavy atom. The van der Waals surface area contributed by atoms with Gasteiger partial charge in [-0.1, -0.05) is 13.0 Å². The minimum Gasteiger partial charge on any atom is -0.275 e. The molecule has 1 aromatic carbocycles. The summed E-state index contributed by atoms with van der Waals surface area (Å²) in [5, 5.41) is 5.49. The van der Waals surface area contributed by atoms with E-state index in [1.165, 1.54) is 15.3 Å². The van der Waals surface area contributed by atoms with Crippen molar-refractivity contribution in [1.29, 1.82) is 0 Å². The summed E-state index contributed by atoms with van der Waals surface area (Å²) in [4.78, 5) is 14.9. The van der Waals surface area contributed by atoms with Crippen molar-refractivity contribution in [2.75, 3.05) is 6.26 Å². The number of fused-ring (bicyclic) bond motifs is 1. The van der Waals surface area contributed by atoms with Gasteiger partial charge in [0.2, 0.25) is 0 Å². The molecule has 150 valence electrons. The lowest BCUT2D eigenvalue weighted by Crippen LogP contribution is -2.02. The molecule has 0 aliphatic rings. The van der Waals surface area contributed by atoms with Crippen LogP contribution in [0.5, 0.6) is 0 Å². The number of nitrogens with zero attached hydrogens (tertiary/aromatic N) is 5. The van der Waals surface area contributed by atoms with Crippen molar-refractivity contribution in [3.63, 3.8) is 0 Å². The fraction of sp³-hybridized carbons (Fsp3) is 0.364. The van der Waals surface area contributed by atoms with Gasteiger partial charge in [0.25, 0.3) is 0 Å². The highest BCUT2D eigenvalue weighted by molar-refractivity contribution is 7.98. The molecule has 1 unspecified atom stereocenters. The molecule has 4 aromatic rings. The zero-order chi connectivity index (χ0) is 20.2. The average molecular weight is 424 g/mol. The van der Waals surface area contributed by atoms with E-state index < -0.39 is 0 Å². The van der Waals surface area contributed by atoms with Crippen LogP contribution in [0, 0.1) is 5.92 Å². The van der Waals surface area contributed by atoms with E-state index in [0.29, 0.717) is 5.92 Å². The Labute approximate surface area is 179 Å². The van der Waals surface area contributed by atoms with Gasteiger partial charge < -0.3 is 0 Å². The fourth-order valence-electron chi connectivity index (χ4n) is 3.30. The van der Waals surface area contributed by atoms with Crippen LogP contribution in [0.3, 0.4) is 0 Å². The van der Waals surface area contributed by atoms with Crippen LogP contribution in [0.25, 0.3) is 21.3 Å². The van der Waals surface area contributed by atoms with Crippen LogP contribution in [-0.4, -0.2) is 31.0 Å². The van der Waals surface area contributed by atoms with Gasteiger partial charge >= 0.3 is 0 Å². The second-order valence-corrected chi connectivity index (χ2v) is 9.41. The molecule has 1 atom stereocenters. The van der Waals surface area contributed by atoms with Crippen LogP contribution >= 0.6 is 23.1 Å². The lowest BCUT2D eigenvalue weighted by Gasteiger charge is -2.09. The predicted octanol–water partition coefficient (Wildman–Crippen LogP) is 5.41. The monoisotopic (exact) mass is 423 g/mol. The number of benzene rings is 1. The molecule has 0 spiro atoms. The summed E-state index contributed by atoms with van der Waals surface area (Å²) in [5.41, 5.74) is 3.43. The molecule has 0 fully saturated rings.